The lowest BCUT2D eigenvalue weighted by molar-refractivity contribution is 0.121. The highest BCUT2D eigenvalue weighted by molar-refractivity contribution is 4.82. The summed E-state index contributed by atoms with van der Waals surface area (Å²) in [6.45, 7) is 18.5. The van der Waals surface area contributed by atoms with Crippen molar-refractivity contribution in [1.29, 1.82) is 0 Å². The highest BCUT2D eigenvalue weighted by Crippen LogP contribution is 2.17. The maximum atomic E-state index is 3.68. The fourth-order valence-corrected chi connectivity index (χ4v) is 2.82. The van der Waals surface area contributed by atoms with Crippen LogP contribution in [0.4, 0.5) is 0 Å². The second-order valence-corrected chi connectivity index (χ2v) is 6.84. The van der Waals surface area contributed by atoms with Crippen LogP contribution in [0.15, 0.2) is 0 Å². The normalized spacial score (nSPS) is 22.1. The quantitative estimate of drug-likeness (QED) is 0.766. The van der Waals surface area contributed by atoms with Crippen LogP contribution in [0.1, 0.15) is 53.9 Å². The minimum absolute atomic E-state index is 0.238. The number of piperidine rings is 1. The Morgan fingerprint density at radius 1 is 1.16 bits per heavy atom. The molecule has 0 aromatic heterocycles. The number of likely N-dealkylation sites (N-methyl/N-ethyl adjacent to an activating group) is 1. The Labute approximate surface area is 120 Å². The van der Waals surface area contributed by atoms with E-state index in [0.717, 1.165) is 12.6 Å². The van der Waals surface area contributed by atoms with Gasteiger partial charge in [-0.1, -0.05) is 20.3 Å². The lowest BCUT2D eigenvalue weighted by Crippen LogP contribution is -2.51. The van der Waals surface area contributed by atoms with Crippen molar-refractivity contribution in [3.05, 3.63) is 0 Å². The molecule has 1 rings (SSSR count). The largest absolute Gasteiger partial charge is 0.311 e. The summed E-state index contributed by atoms with van der Waals surface area (Å²) in [6.07, 6.45) is 4.14. The third-order valence-corrected chi connectivity index (χ3v) is 4.21. The van der Waals surface area contributed by atoms with Gasteiger partial charge in [0.1, 0.15) is 0 Å². The molecule has 3 heteroatoms. The van der Waals surface area contributed by atoms with E-state index in [1.54, 1.807) is 0 Å². The van der Waals surface area contributed by atoms with Crippen LogP contribution in [0, 0.1) is 0 Å². The van der Waals surface area contributed by atoms with E-state index in [0.29, 0.717) is 0 Å². The van der Waals surface area contributed by atoms with E-state index in [2.05, 4.69) is 49.7 Å². The smallest absolute Gasteiger partial charge is 0.0221 e. The highest BCUT2D eigenvalue weighted by atomic mass is 15.2. The lowest BCUT2D eigenvalue weighted by Gasteiger charge is -2.38. The molecule has 0 aromatic carbocycles. The highest BCUT2D eigenvalue weighted by Gasteiger charge is 2.23. The molecule has 114 valence electrons. The van der Waals surface area contributed by atoms with E-state index in [-0.39, 0.29) is 5.54 Å². The second kappa shape index (κ2) is 8.23. The Balaban J connectivity index is 2.39. The third kappa shape index (κ3) is 6.73. The molecule has 1 atom stereocenters. The van der Waals surface area contributed by atoms with Gasteiger partial charge in [-0.15, -0.1) is 0 Å². The zero-order chi connectivity index (χ0) is 14.3. The van der Waals surface area contributed by atoms with E-state index in [1.807, 2.05) is 0 Å². The summed E-state index contributed by atoms with van der Waals surface area (Å²) in [7, 11) is 0. The first-order valence-corrected chi connectivity index (χ1v) is 8.17. The molecule has 1 fully saturated rings. The summed E-state index contributed by atoms with van der Waals surface area (Å²) in [5.74, 6) is 0. The molecule has 19 heavy (non-hydrogen) atoms. The van der Waals surface area contributed by atoms with Gasteiger partial charge in [0.15, 0.2) is 0 Å². The van der Waals surface area contributed by atoms with Crippen LogP contribution in [0.2, 0.25) is 0 Å². The molecule has 3 nitrogen and oxygen atoms in total. The SMILES string of the molecule is CCN(CC)CCN1CCCCC1CNC(C)(C)C. The van der Waals surface area contributed by atoms with Crippen molar-refractivity contribution in [2.75, 3.05) is 39.3 Å². The van der Waals surface area contributed by atoms with Crippen molar-refractivity contribution in [2.24, 2.45) is 0 Å². The van der Waals surface area contributed by atoms with Gasteiger partial charge >= 0.3 is 0 Å². The number of hydrogen-bond acceptors (Lipinski definition) is 3. The topological polar surface area (TPSA) is 18.5 Å². The molecule has 0 saturated carbocycles. The van der Waals surface area contributed by atoms with Gasteiger partial charge in [0, 0.05) is 31.2 Å². The van der Waals surface area contributed by atoms with Crippen LogP contribution in [-0.2, 0) is 0 Å². The maximum Gasteiger partial charge on any atom is 0.0221 e. The Morgan fingerprint density at radius 2 is 1.84 bits per heavy atom. The van der Waals surface area contributed by atoms with Gasteiger partial charge in [0.2, 0.25) is 0 Å². The molecule has 0 spiro atoms. The molecule has 1 unspecified atom stereocenters. The average molecular weight is 269 g/mol. The summed E-state index contributed by atoms with van der Waals surface area (Å²) >= 11 is 0. The second-order valence-electron chi connectivity index (χ2n) is 6.84. The Bertz CT molecular complexity index is 231. The first-order valence-electron chi connectivity index (χ1n) is 8.17. The molecule has 0 aliphatic carbocycles. The van der Waals surface area contributed by atoms with Crippen molar-refractivity contribution in [2.45, 2.75) is 65.5 Å². The molecule has 1 saturated heterocycles. The fraction of sp³-hybridized carbons (Fsp3) is 1.00. The van der Waals surface area contributed by atoms with Crippen molar-refractivity contribution in [1.82, 2.24) is 15.1 Å². The van der Waals surface area contributed by atoms with Crippen molar-refractivity contribution >= 4 is 0 Å². The van der Waals surface area contributed by atoms with Crippen LogP contribution in [-0.4, -0.2) is 60.6 Å². The van der Waals surface area contributed by atoms with E-state index in [1.165, 1.54) is 52.0 Å². The monoisotopic (exact) mass is 269 g/mol. The number of rotatable bonds is 7. The number of hydrogen-bond donors (Lipinski definition) is 1. The molecule has 1 aliphatic heterocycles. The third-order valence-electron chi connectivity index (χ3n) is 4.21. The molecule has 0 aromatic rings. The van der Waals surface area contributed by atoms with Gasteiger partial charge in [-0.2, -0.15) is 0 Å². The van der Waals surface area contributed by atoms with Gasteiger partial charge in [-0.25, -0.2) is 0 Å². The summed E-state index contributed by atoms with van der Waals surface area (Å²) in [5.41, 5.74) is 0.238. The zero-order valence-electron chi connectivity index (χ0n) is 13.8. The van der Waals surface area contributed by atoms with Crippen LogP contribution < -0.4 is 5.32 Å². The maximum absolute atomic E-state index is 3.68. The van der Waals surface area contributed by atoms with Crippen LogP contribution in [0.5, 0.6) is 0 Å². The number of likely N-dealkylation sites (tertiary alicyclic amines) is 1. The van der Waals surface area contributed by atoms with Gasteiger partial charge in [-0.3, -0.25) is 4.90 Å². The standard InChI is InChI=1S/C16H35N3/c1-6-18(7-2)12-13-19-11-9-8-10-15(19)14-17-16(3,4)5/h15,17H,6-14H2,1-5H3. The predicted molar refractivity (Wildman–Crippen MR) is 84.8 cm³/mol. The van der Waals surface area contributed by atoms with Crippen LogP contribution in [0.25, 0.3) is 0 Å². The van der Waals surface area contributed by atoms with Gasteiger partial charge < -0.3 is 10.2 Å². The number of nitrogens with one attached hydrogen (secondary N) is 1. The Hall–Kier alpha value is -0.120. The molecular weight excluding hydrogens is 234 g/mol. The van der Waals surface area contributed by atoms with Crippen LogP contribution in [0.3, 0.4) is 0 Å². The summed E-state index contributed by atoms with van der Waals surface area (Å²) in [6, 6.07) is 0.739. The van der Waals surface area contributed by atoms with E-state index in [9.17, 15) is 0 Å². The zero-order valence-corrected chi connectivity index (χ0v) is 13.8. The summed E-state index contributed by atoms with van der Waals surface area (Å²) < 4.78 is 0. The Morgan fingerprint density at radius 3 is 2.42 bits per heavy atom. The molecule has 0 amide bonds. The molecule has 0 bridgehead atoms. The van der Waals surface area contributed by atoms with Crippen molar-refractivity contribution in [3.8, 4) is 0 Å². The first-order chi connectivity index (χ1) is 8.96. The van der Waals surface area contributed by atoms with Crippen molar-refractivity contribution < 1.29 is 0 Å². The summed E-state index contributed by atoms with van der Waals surface area (Å²) in [4.78, 5) is 5.24. The predicted octanol–water partition coefficient (Wildman–Crippen LogP) is 2.57. The van der Waals surface area contributed by atoms with Gasteiger partial charge in [0.25, 0.3) is 0 Å². The minimum atomic E-state index is 0.238. The van der Waals surface area contributed by atoms with E-state index >= 15 is 0 Å². The fourth-order valence-electron chi connectivity index (χ4n) is 2.82. The minimum Gasteiger partial charge on any atom is -0.311 e. The Kier molecular flexibility index (Phi) is 7.33. The molecule has 1 N–H and O–H groups in total. The molecule has 1 aliphatic rings. The molecule has 1 heterocycles. The van der Waals surface area contributed by atoms with Gasteiger partial charge in [-0.05, 0) is 53.2 Å². The van der Waals surface area contributed by atoms with E-state index < -0.39 is 0 Å². The van der Waals surface area contributed by atoms with Crippen LogP contribution >= 0.6 is 0 Å². The van der Waals surface area contributed by atoms with E-state index in [4.69, 9.17) is 0 Å². The molecular formula is C16H35N3. The number of nitrogens with zero attached hydrogens (tertiary/aromatic N) is 2. The van der Waals surface area contributed by atoms with Gasteiger partial charge in [0.05, 0.1) is 0 Å². The first kappa shape index (κ1) is 16.9. The average Bonchev–Trinajstić information content (AvgIpc) is 2.38. The molecule has 0 radical (unpaired) electrons. The van der Waals surface area contributed by atoms with Crippen molar-refractivity contribution in [3.63, 3.8) is 0 Å². The summed E-state index contributed by atoms with van der Waals surface area (Å²) in [5, 5.41) is 3.68. The lowest BCUT2D eigenvalue weighted by atomic mass is 10.0.